The molecule has 0 aliphatic carbocycles. The number of alkyl halides is 1. The number of benzene rings is 1. The van der Waals surface area contributed by atoms with Gasteiger partial charge in [0.25, 0.3) is 0 Å². The average molecular weight is 388 g/mol. The molecule has 2 unspecified atom stereocenters. The summed E-state index contributed by atoms with van der Waals surface area (Å²) in [5.74, 6) is -4.05. The van der Waals surface area contributed by atoms with Crippen LogP contribution in [0.25, 0.3) is 0 Å². The molecule has 1 aromatic carbocycles. The highest BCUT2D eigenvalue weighted by Crippen LogP contribution is 2.26. The summed E-state index contributed by atoms with van der Waals surface area (Å²) < 4.78 is 71.6. The number of morpholine rings is 1. The minimum Gasteiger partial charge on any atom is -0.372 e. The van der Waals surface area contributed by atoms with Crippen molar-refractivity contribution < 1.29 is 26.3 Å². The van der Waals surface area contributed by atoms with E-state index in [-0.39, 0.29) is 13.1 Å². The van der Waals surface area contributed by atoms with E-state index < -0.39 is 44.6 Å². The molecule has 9 heteroatoms. The van der Waals surface area contributed by atoms with Crippen molar-refractivity contribution in [2.75, 3.05) is 18.4 Å². The van der Waals surface area contributed by atoms with Crippen LogP contribution < -0.4 is 0 Å². The normalized spacial score (nSPS) is 24.2. The molecular formula is C12H13BrF3NO3S. The zero-order valence-corrected chi connectivity index (χ0v) is 13.4. The SMILES string of the molecule is CC1CN(S(=O)(=O)c2c(F)cc(F)cc2F)CC(CBr)O1. The third-order valence-electron chi connectivity index (χ3n) is 3.03. The molecule has 0 spiro atoms. The van der Waals surface area contributed by atoms with E-state index in [4.69, 9.17) is 4.74 Å². The van der Waals surface area contributed by atoms with Gasteiger partial charge in [0.1, 0.15) is 17.5 Å². The first-order valence-electron chi connectivity index (χ1n) is 6.11. The van der Waals surface area contributed by atoms with Crippen LogP contribution in [0, 0.1) is 17.5 Å². The Hall–Kier alpha value is -0.640. The number of hydrogen-bond donors (Lipinski definition) is 0. The van der Waals surface area contributed by atoms with Crippen LogP contribution in [-0.2, 0) is 14.8 Å². The van der Waals surface area contributed by atoms with Gasteiger partial charge >= 0.3 is 0 Å². The van der Waals surface area contributed by atoms with Gasteiger partial charge in [0.15, 0.2) is 4.90 Å². The van der Waals surface area contributed by atoms with Crippen LogP contribution in [0.2, 0.25) is 0 Å². The molecule has 1 saturated heterocycles. The van der Waals surface area contributed by atoms with Gasteiger partial charge < -0.3 is 4.74 Å². The summed E-state index contributed by atoms with van der Waals surface area (Å²) in [6.45, 7) is 1.60. The van der Waals surface area contributed by atoms with Crippen molar-refractivity contribution in [3.63, 3.8) is 0 Å². The summed E-state index contributed by atoms with van der Waals surface area (Å²) in [4.78, 5) is -1.13. The smallest absolute Gasteiger partial charge is 0.249 e. The van der Waals surface area contributed by atoms with E-state index >= 15 is 0 Å². The molecule has 1 aliphatic heterocycles. The Balaban J connectivity index is 2.43. The topological polar surface area (TPSA) is 46.6 Å². The molecule has 0 N–H and O–H groups in total. The van der Waals surface area contributed by atoms with Gasteiger partial charge in [-0.15, -0.1) is 0 Å². The fraction of sp³-hybridized carbons (Fsp3) is 0.500. The molecule has 0 saturated carbocycles. The molecule has 0 amide bonds. The van der Waals surface area contributed by atoms with E-state index in [1.807, 2.05) is 0 Å². The zero-order chi connectivity index (χ0) is 15.8. The van der Waals surface area contributed by atoms with Crippen molar-refractivity contribution in [2.24, 2.45) is 0 Å². The molecule has 0 bridgehead atoms. The Morgan fingerprint density at radius 1 is 1.29 bits per heavy atom. The molecule has 1 fully saturated rings. The second-order valence-corrected chi connectivity index (χ2v) is 7.27. The lowest BCUT2D eigenvalue weighted by Gasteiger charge is -2.35. The lowest BCUT2D eigenvalue weighted by molar-refractivity contribution is -0.0412. The molecule has 2 atom stereocenters. The fourth-order valence-corrected chi connectivity index (χ4v) is 4.18. The molecule has 2 rings (SSSR count). The van der Waals surface area contributed by atoms with E-state index in [9.17, 15) is 21.6 Å². The molecule has 1 aliphatic rings. The summed E-state index contributed by atoms with van der Waals surface area (Å²) in [7, 11) is -4.40. The number of hydrogen-bond acceptors (Lipinski definition) is 3. The van der Waals surface area contributed by atoms with Crippen molar-refractivity contribution in [2.45, 2.75) is 24.0 Å². The zero-order valence-electron chi connectivity index (χ0n) is 11.0. The van der Waals surface area contributed by atoms with Crippen molar-refractivity contribution in [3.8, 4) is 0 Å². The Bertz CT molecular complexity index is 618. The van der Waals surface area contributed by atoms with Crippen LogP contribution in [0.4, 0.5) is 13.2 Å². The Kier molecular flexibility index (Phi) is 4.96. The van der Waals surface area contributed by atoms with Gasteiger partial charge in [-0.1, -0.05) is 15.9 Å². The summed E-state index contributed by atoms with van der Waals surface area (Å²) in [5.41, 5.74) is 0. The first-order valence-corrected chi connectivity index (χ1v) is 8.68. The number of halogens is 4. The predicted octanol–water partition coefficient (Wildman–Crippen LogP) is 2.28. The summed E-state index contributed by atoms with van der Waals surface area (Å²) in [6, 6.07) is 0.698. The summed E-state index contributed by atoms with van der Waals surface area (Å²) in [6.07, 6.45) is -0.835. The fourth-order valence-electron chi connectivity index (χ4n) is 2.19. The monoisotopic (exact) mass is 387 g/mol. The molecule has 1 heterocycles. The van der Waals surface area contributed by atoms with Gasteiger partial charge in [0.2, 0.25) is 10.0 Å². The average Bonchev–Trinajstić information content (AvgIpc) is 2.36. The van der Waals surface area contributed by atoms with Crippen LogP contribution in [-0.4, -0.2) is 43.4 Å². The van der Waals surface area contributed by atoms with Crippen molar-refractivity contribution >= 4 is 26.0 Å². The maximum atomic E-state index is 13.7. The summed E-state index contributed by atoms with van der Waals surface area (Å²) in [5, 5.41) is 0.387. The minimum atomic E-state index is -4.40. The van der Waals surface area contributed by atoms with E-state index in [1.54, 1.807) is 6.92 Å². The predicted molar refractivity (Wildman–Crippen MR) is 73.2 cm³/mol. The summed E-state index contributed by atoms with van der Waals surface area (Å²) >= 11 is 3.18. The maximum Gasteiger partial charge on any atom is 0.249 e. The molecule has 0 aromatic heterocycles. The lowest BCUT2D eigenvalue weighted by atomic mass is 10.3. The van der Waals surface area contributed by atoms with Crippen molar-refractivity contribution in [1.82, 2.24) is 4.31 Å². The number of sulfonamides is 1. The van der Waals surface area contributed by atoms with E-state index in [1.165, 1.54) is 0 Å². The van der Waals surface area contributed by atoms with Crippen LogP contribution >= 0.6 is 15.9 Å². The quantitative estimate of drug-likeness (QED) is 0.747. The Morgan fingerprint density at radius 2 is 1.86 bits per heavy atom. The second kappa shape index (κ2) is 6.23. The van der Waals surface area contributed by atoms with Gasteiger partial charge in [-0.05, 0) is 6.92 Å². The molecule has 0 radical (unpaired) electrons. The standard InChI is InChI=1S/C12H13BrF3NO3S/c1-7-5-17(6-9(4-13)20-7)21(18,19)12-10(15)2-8(14)3-11(12)16/h2-3,7,9H,4-6H2,1H3. The van der Waals surface area contributed by atoms with Crippen LogP contribution in [0.3, 0.4) is 0 Å². The highest BCUT2D eigenvalue weighted by Gasteiger charge is 2.37. The third kappa shape index (κ3) is 3.41. The number of rotatable bonds is 3. The number of ether oxygens (including phenoxy) is 1. The van der Waals surface area contributed by atoms with Gasteiger partial charge in [-0.3, -0.25) is 0 Å². The van der Waals surface area contributed by atoms with Crippen LogP contribution in [0.15, 0.2) is 17.0 Å². The van der Waals surface area contributed by atoms with Gasteiger partial charge in [-0.2, -0.15) is 4.31 Å². The van der Waals surface area contributed by atoms with Crippen LogP contribution in [0.1, 0.15) is 6.92 Å². The maximum absolute atomic E-state index is 13.7. The highest BCUT2D eigenvalue weighted by atomic mass is 79.9. The second-order valence-electron chi connectivity index (χ2n) is 4.74. The van der Waals surface area contributed by atoms with Crippen molar-refractivity contribution in [1.29, 1.82) is 0 Å². The first kappa shape index (κ1) is 16.7. The largest absolute Gasteiger partial charge is 0.372 e. The van der Waals surface area contributed by atoms with Gasteiger partial charge in [0.05, 0.1) is 12.2 Å². The molecule has 1 aromatic rings. The molecule has 21 heavy (non-hydrogen) atoms. The number of nitrogens with zero attached hydrogens (tertiary/aromatic N) is 1. The lowest BCUT2D eigenvalue weighted by Crippen LogP contribution is -2.49. The van der Waals surface area contributed by atoms with Crippen molar-refractivity contribution in [3.05, 3.63) is 29.6 Å². The van der Waals surface area contributed by atoms with Gasteiger partial charge in [-0.25, -0.2) is 21.6 Å². The molecular weight excluding hydrogens is 375 g/mol. The highest BCUT2D eigenvalue weighted by molar-refractivity contribution is 9.09. The Labute approximate surface area is 129 Å². The van der Waals surface area contributed by atoms with Gasteiger partial charge in [0, 0.05) is 30.6 Å². The molecule has 118 valence electrons. The van der Waals surface area contributed by atoms with E-state index in [2.05, 4.69) is 15.9 Å². The van der Waals surface area contributed by atoms with E-state index in [0.717, 1.165) is 4.31 Å². The van der Waals surface area contributed by atoms with E-state index in [0.29, 0.717) is 17.5 Å². The molecule has 4 nitrogen and oxygen atoms in total. The first-order chi connectivity index (χ1) is 9.75. The Morgan fingerprint density at radius 3 is 2.38 bits per heavy atom. The van der Waals surface area contributed by atoms with Crippen LogP contribution in [0.5, 0.6) is 0 Å². The minimum absolute atomic E-state index is 0.0257. The third-order valence-corrected chi connectivity index (χ3v) is 5.63.